The maximum absolute atomic E-state index is 14.9. The van der Waals surface area contributed by atoms with E-state index in [0.29, 0.717) is 73.1 Å². The molecule has 4 amide bonds. The first-order chi connectivity index (χ1) is 28.6. The molecule has 0 saturated carbocycles. The lowest BCUT2D eigenvalue weighted by Gasteiger charge is -2.35. The number of benzene rings is 3. The molecule has 5 aromatic rings. The summed E-state index contributed by atoms with van der Waals surface area (Å²) in [5.41, 5.74) is 4.16. The fourth-order valence-electron chi connectivity index (χ4n) is 7.04. The molecule has 16 heteroatoms. The second kappa shape index (κ2) is 18.9. The molecule has 0 aliphatic carbocycles. The molecule has 2 aliphatic heterocycles. The van der Waals surface area contributed by atoms with Crippen LogP contribution in [0.4, 0.5) is 10.1 Å². The minimum Gasteiger partial charge on any atom is -0.380 e. The SMILES string of the molecule is CC(=O)Nc1cc(-c2cccc(C3COC3)c2)cnc1C(=O)NCCOCCNCC(=O)N1CCN(C(=O)c2cc(Cc3n[nH]c(=O)c4ccccc34)ccc2F)CC1. The summed E-state index contributed by atoms with van der Waals surface area (Å²) >= 11 is 0. The number of ether oxygens (including phenoxy) is 2. The second-order valence-electron chi connectivity index (χ2n) is 14.4. The molecule has 2 aliphatic rings. The molecule has 15 nitrogen and oxygen atoms in total. The Hall–Kier alpha value is -6.36. The van der Waals surface area contributed by atoms with E-state index >= 15 is 0 Å². The van der Waals surface area contributed by atoms with E-state index in [4.69, 9.17) is 9.47 Å². The number of pyridine rings is 1. The van der Waals surface area contributed by atoms with Gasteiger partial charge in [-0.1, -0.05) is 48.5 Å². The molecule has 2 aromatic heterocycles. The number of aromatic nitrogens is 3. The van der Waals surface area contributed by atoms with Gasteiger partial charge in [-0.05, 0) is 41.0 Å². The quantitative estimate of drug-likeness (QED) is 0.115. The normalized spacial score (nSPS) is 14.2. The van der Waals surface area contributed by atoms with E-state index in [1.165, 1.54) is 24.0 Å². The molecule has 0 unspecified atom stereocenters. The predicted octanol–water partition coefficient (Wildman–Crippen LogP) is 3.11. The van der Waals surface area contributed by atoms with Crippen molar-refractivity contribution in [3.8, 4) is 11.1 Å². The molecule has 2 fully saturated rings. The Labute approximate surface area is 339 Å². The number of piperazine rings is 1. The van der Waals surface area contributed by atoms with E-state index in [2.05, 4.69) is 43.3 Å². The molecule has 7 rings (SSSR count). The van der Waals surface area contributed by atoms with Crippen molar-refractivity contribution in [2.45, 2.75) is 19.3 Å². The van der Waals surface area contributed by atoms with Crippen molar-refractivity contribution in [1.29, 1.82) is 0 Å². The van der Waals surface area contributed by atoms with Crippen molar-refractivity contribution in [3.05, 3.63) is 123 Å². The summed E-state index contributed by atoms with van der Waals surface area (Å²) in [6, 6.07) is 21.3. The number of nitrogens with one attached hydrogen (secondary N) is 4. The Morgan fingerprint density at radius 2 is 1.66 bits per heavy atom. The average molecular weight is 805 g/mol. The van der Waals surface area contributed by atoms with E-state index in [0.717, 1.165) is 16.7 Å². The molecular formula is C43H45FN8O7. The molecule has 4 heterocycles. The molecule has 3 aromatic carbocycles. The van der Waals surface area contributed by atoms with Gasteiger partial charge < -0.3 is 35.2 Å². The lowest BCUT2D eigenvalue weighted by Crippen LogP contribution is -2.52. The number of nitrogens with zero attached hydrogens (tertiary/aromatic N) is 4. The molecule has 0 bridgehead atoms. The number of anilines is 1. The third-order valence-corrected chi connectivity index (χ3v) is 10.3. The van der Waals surface area contributed by atoms with Crippen LogP contribution in [0.25, 0.3) is 21.9 Å². The zero-order chi connectivity index (χ0) is 41.3. The first kappa shape index (κ1) is 40.8. The Morgan fingerprint density at radius 1 is 0.898 bits per heavy atom. The van der Waals surface area contributed by atoms with Crippen LogP contribution in [0.1, 0.15) is 50.5 Å². The van der Waals surface area contributed by atoms with Gasteiger partial charge in [0.15, 0.2) is 5.69 Å². The highest BCUT2D eigenvalue weighted by atomic mass is 19.1. The summed E-state index contributed by atoms with van der Waals surface area (Å²) < 4.78 is 25.9. The number of fused-ring (bicyclic) bond motifs is 1. The number of H-pyrrole nitrogens is 1. The smallest absolute Gasteiger partial charge is 0.272 e. The van der Waals surface area contributed by atoms with E-state index < -0.39 is 17.6 Å². The number of amides is 4. The highest BCUT2D eigenvalue weighted by Crippen LogP contribution is 2.30. The van der Waals surface area contributed by atoms with Gasteiger partial charge in [-0.25, -0.2) is 14.5 Å². The standard InChI is InChI=1S/C43H45FN8O7/c1-27(53)48-38-22-31(29-5-4-6-30(21-29)32-25-59-26-32)23-47-40(38)42(56)46-12-18-58-17-11-45-24-39(54)51-13-15-52(16-14-51)43(57)35-19-28(9-10-36(35)44)20-37-33-7-2-3-8-34(33)41(55)50-49-37/h2-10,19,21-23,32,45H,11-18,20,24-26H2,1H3,(H,46,56)(H,48,53)(H,50,55). The molecule has 306 valence electrons. The highest BCUT2D eigenvalue weighted by Gasteiger charge is 2.27. The van der Waals surface area contributed by atoms with Crippen LogP contribution in [0.5, 0.6) is 0 Å². The summed E-state index contributed by atoms with van der Waals surface area (Å²) in [5, 5.41) is 16.4. The molecule has 59 heavy (non-hydrogen) atoms. The fourth-order valence-corrected chi connectivity index (χ4v) is 7.04. The highest BCUT2D eigenvalue weighted by molar-refractivity contribution is 6.02. The number of carbonyl (C=O) groups excluding carboxylic acids is 4. The van der Waals surface area contributed by atoms with Crippen molar-refractivity contribution in [2.75, 3.05) is 77.6 Å². The van der Waals surface area contributed by atoms with Gasteiger partial charge in [-0.2, -0.15) is 5.10 Å². The van der Waals surface area contributed by atoms with Crippen LogP contribution in [0.15, 0.2) is 83.8 Å². The van der Waals surface area contributed by atoms with E-state index in [1.54, 1.807) is 41.4 Å². The van der Waals surface area contributed by atoms with E-state index in [-0.39, 0.29) is 67.8 Å². The third-order valence-electron chi connectivity index (χ3n) is 10.3. The van der Waals surface area contributed by atoms with Crippen molar-refractivity contribution < 1.29 is 33.0 Å². The van der Waals surface area contributed by atoms with Crippen LogP contribution < -0.4 is 21.5 Å². The van der Waals surface area contributed by atoms with Crippen molar-refractivity contribution >= 4 is 40.1 Å². The fraction of sp³-hybridized carbons (Fsp3) is 0.326. The molecule has 4 N–H and O–H groups in total. The molecule has 0 radical (unpaired) electrons. The number of rotatable bonds is 15. The van der Waals surface area contributed by atoms with Crippen LogP contribution >= 0.6 is 0 Å². The molecular weight excluding hydrogens is 760 g/mol. The number of halogens is 1. The zero-order valence-electron chi connectivity index (χ0n) is 32.6. The maximum Gasteiger partial charge on any atom is 0.272 e. The Kier molecular flexibility index (Phi) is 13.1. The minimum absolute atomic E-state index is 0.0601. The van der Waals surface area contributed by atoms with Gasteiger partial charge in [0.05, 0.1) is 55.3 Å². The van der Waals surface area contributed by atoms with Gasteiger partial charge in [0.25, 0.3) is 17.4 Å². The van der Waals surface area contributed by atoms with Crippen LogP contribution in [-0.2, 0) is 25.5 Å². The largest absolute Gasteiger partial charge is 0.380 e. The zero-order valence-corrected chi connectivity index (χ0v) is 32.6. The summed E-state index contributed by atoms with van der Waals surface area (Å²) in [6.45, 7) is 5.04. The first-order valence-corrected chi connectivity index (χ1v) is 19.5. The first-order valence-electron chi connectivity index (χ1n) is 19.5. The van der Waals surface area contributed by atoms with Crippen molar-refractivity contribution in [1.82, 2.24) is 35.6 Å². The number of aromatic amines is 1. The Balaban J connectivity index is 0.809. The van der Waals surface area contributed by atoms with Crippen molar-refractivity contribution in [2.24, 2.45) is 0 Å². The van der Waals surface area contributed by atoms with E-state index in [1.807, 2.05) is 18.2 Å². The summed E-state index contributed by atoms with van der Waals surface area (Å²) in [6.07, 6.45) is 1.90. The van der Waals surface area contributed by atoms with Crippen LogP contribution in [0.2, 0.25) is 0 Å². The second-order valence-corrected chi connectivity index (χ2v) is 14.4. The van der Waals surface area contributed by atoms with Crippen molar-refractivity contribution in [3.63, 3.8) is 0 Å². The summed E-state index contributed by atoms with van der Waals surface area (Å²) in [5.74, 6) is -1.66. The van der Waals surface area contributed by atoms with Gasteiger partial charge in [0.1, 0.15) is 5.82 Å². The van der Waals surface area contributed by atoms with Gasteiger partial charge in [-0.3, -0.25) is 24.0 Å². The molecule has 2 saturated heterocycles. The predicted molar refractivity (Wildman–Crippen MR) is 218 cm³/mol. The Bertz CT molecular complexity index is 2410. The lowest BCUT2D eigenvalue weighted by atomic mass is 9.94. The summed E-state index contributed by atoms with van der Waals surface area (Å²) in [7, 11) is 0. The monoisotopic (exact) mass is 804 g/mol. The van der Waals surface area contributed by atoms with Crippen LogP contribution in [0.3, 0.4) is 0 Å². The minimum atomic E-state index is -0.638. The number of carbonyl (C=O) groups is 4. The molecule has 0 atom stereocenters. The third kappa shape index (κ3) is 10.0. The lowest BCUT2D eigenvalue weighted by molar-refractivity contribution is -0.131. The van der Waals surface area contributed by atoms with Gasteiger partial charge in [0, 0.05) is 75.7 Å². The topological polar surface area (TPSA) is 188 Å². The van der Waals surface area contributed by atoms with Crippen LogP contribution in [0, 0.1) is 5.82 Å². The average Bonchev–Trinajstić information content (AvgIpc) is 3.22. The number of hydrogen-bond donors (Lipinski definition) is 4. The van der Waals surface area contributed by atoms with Gasteiger partial charge in [-0.15, -0.1) is 0 Å². The van der Waals surface area contributed by atoms with Crippen LogP contribution in [-0.4, -0.2) is 121 Å². The maximum atomic E-state index is 14.9. The molecule has 0 spiro atoms. The van der Waals surface area contributed by atoms with Gasteiger partial charge >= 0.3 is 0 Å². The van der Waals surface area contributed by atoms with E-state index in [9.17, 15) is 28.4 Å². The van der Waals surface area contributed by atoms with Gasteiger partial charge in [0.2, 0.25) is 11.8 Å². The summed E-state index contributed by atoms with van der Waals surface area (Å²) in [4.78, 5) is 71.0. The Morgan fingerprint density at radius 3 is 2.42 bits per heavy atom. The number of hydrogen-bond acceptors (Lipinski definition) is 10.